The monoisotopic (exact) mass is 198 g/mol. The van der Waals surface area contributed by atoms with Gasteiger partial charge < -0.3 is 4.74 Å². The van der Waals surface area contributed by atoms with E-state index in [1.807, 2.05) is 0 Å². The minimum absolute atomic E-state index is 0.536. The number of rotatable bonds is 7. The van der Waals surface area contributed by atoms with Crippen LogP contribution in [0.4, 0.5) is 0 Å². The van der Waals surface area contributed by atoms with Crippen molar-refractivity contribution < 1.29 is 14.3 Å². The van der Waals surface area contributed by atoms with Crippen molar-refractivity contribution in [2.24, 2.45) is 5.92 Å². The van der Waals surface area contributed by atoms with Crippen molar-refractivity contribution in [1.82, 2.24) is 0 Å². The van der Waals surface area contributed by atoms with Gasteiger partial charge in [-0.15, -0.1) is 0 Å². The number of ether oxygens (including phenoxy) is 1. The minimum atomic E-state index is -0.612. The summed E-state index contributed by atoms with van der Waals surface area (Å²) in [6, 6.07) is 0. The summed E-state index contributed by atoms with van der Waals surface area (Å²) < 4.78 is 4.81. The maximum atomic E-state index is 10.8. The van der Waals surface area contributed by atoms with Gasteiger partial charge in [-0.3, -0.25) is 4.79 Å². The molecule has 0 saturated carbocycles. The maximum Gasteiger partial charge on any atom is 0.330 e. The molecule has 0 aliphatic rings. The van der Waals surface area contributed by atoms with Gasteiger partial charge in [0, 0.05) is 6.08 Å². The average molecular weight is 198 g/mol. The Kier molecular flexibility index (Phi) is 6.72. The zero-order valence-corrected chi connectivity index (χ0v) is 8.86. The Labute approximate surface area is 85.1 Å². The van der Waals surface area contributed by atoms with Crippen LogP contribution >= 0.6 is 0 Å². The van der Waals surface area contributed by atoms with E-state index in [4.69, 9.17) is 4.74 Å². The highest BCUT2D eigenvalue weighted by Crippen LogP contribution is 2.09. The molecular weight excluding hydrogens is 180 g/mol. The second-order valence-corrected chi connectivity index (χ2v) is 3.64. The molecule has 0 saturated heterocycles. The Bertz CT molecular complexity index is 197. The van der Waals surface area contributed by atoms with E-state index in [-0.39, 0.29) is 0 Å². The molecule has 0 amide bonds. The fourth-order valence-electron chi connectivity index (χ4n) is 1.08. The van der Waals surface area contributed by atoms with E-state index < -0.39 is 12.1 Å². The predicted octanol–water partition coefficient (Wildman–Crippen LogP) is 2.11. The second-order valence-electron chi connectivity index (χ2n) is 3.64. The normalized spacial score (nSPS) is 12.2. The lowest BCUT2D eigenvalue weighted by molar-refractivity contribution is -0.146. The molecule has 0 spiro atoms. The molecule has 0 rings (SSSR count). The highest BCUT2D eigenvalue weighted by Gasteiger charge is 2.10. The highest BCUT2D eigenvalue weighted by atomic mass is 16.5. The predicted molar refractivity (Wildman–Crippen MR) is 54.8 cm³/mol. The number of carbonyl (C=O) groups is 2. The van der Waals surface area contributed by atoms with Gasteiger partial charge >= 0.3 is 5.97 Å². The number of esters is 1. The van der Waals surface area contributed by atoms with Gasteiger partial charge in [-0.2, -0.15) is 0 Å². The number of carbonyl (C=O) groups excluding carboxylic acids is 2. The Hall–Kier alpha value is -1.12. The van der Waals surface area contributed by atoms with Crippen molar-refractivity contribution in [2.45, 2.75) is 39.2 Å². The molecule has 1 unspecified atom stereocenters. The first-order valence-corrected chi connectivity index (χ1v) is 4.88. The molecule has 3 nitrogen and oxygen atoms in total. The van der Waals surface area contributed by atoms with Crippen LogP contribution in [0, 0.1) is 5.92 Å². The molecule has 0 radical (unpaired) electrons. The summed E-state index contributed by atoms with van der Waals surface area (Å²) in [5, 5.41) is 0. The molecule has 0 N–H and O–H groups in total. The van der Waals surface area contributed by atoms with Gasteiger partial charge in [0.1, 0.15) is 0 Å². The standard InChI is InChI=1S/C11H18O3/c1-4-11(13)14-10(8-12)7-5-6-9(2)3/h4,8-10H,1,5-7H2,2-3H3. The molecule has 1 atom stereocenters. The van der Waals surface area contributed by atoms with Crippen molar-refractivity contribution in [3.05, 3.63) is 12.7 Å². The molecular formula is C11H18O3. The average Bonchev–Trinajstić information content (AvgIpc) is 2.15. The molecule has 0 fully saturated rings. The smallest absolute Gasteiger partial charge is 0.330 e. The van der Waals surface area contributed by atoms with E-state index >= 15 is 0 Å². The Balaban J connectivity index is 3.74. The van der Waals surface area contributed by atoms with Gasteiger partial charge in [0.05, 0.1) is 0 Å². The molecule has 0 aromatic rings. The van der Waals surface area contributed by atoms with Gasteiger partial charge in [-0.25, -0.2) is 4.79 Å². The molecule has 0 aliphatic carbocycles. The summed E-state index contributed by atoms with van der Waals surface area (Å²) in [5.41, 5.74) is 0. The molecule has 80 valence electrons. The van der Waals surface area contributed by atoms with Crippen LogP contribution in [0.15, 0.2) is 12.7 Å². The summed E-state index contributed by atoms with van der Waals surface area (Å²) in [6.07, 6.45) is 3.66. The van der Waals surface area contributed by atoms with Crippen LogP contribution in [0.5, 0.6) is 0 Å². The third-order valence-corrected chi connectivity index (χ3v) is 1.86. The third kappa shape index (κ3) is 6.40. The van der Waals surface area contributed by atoms with Gasteiger partial charge in [-0.05, 0) is 18.8 Å². The van der Waals surface area contributed by atoms with Crippen molar-refractivity contribution in [3.8, 4) is 0 Å². The molecule has 0 heterocycles. The number of hydrogen-bond donors (Lipinski definition) is 0. The van der Waals surface area contributed by atoms with Crippen LogP contribution in [-0.4, -0.2) is 18.4 Å². The molecule has 0 bridgehead atoms. The van der Waals surface area contributed by atoms with Crippen LogP contribution in [0.1, 0.15) is 33.1 Å². The maximum absolute atomic E-state index is 10.8. The number of hydrogen-bond acceptors (Lipinski definition) is 3. The van der Waals surface area contributed by atoms with Crippen LogP contribution in [-0.2, 0) is 14.3 Å². The van der Waals surface area contributed by atoms with E-state index in [9.17, 15) is 9.59 Å². The van der Waals surface area contributed by atoms with E-state index in [2.05, 4.69) is 20.4 Å². The number of aldehydes is 1. The van der Waals surface area contributed by atoms with Crippen LogP contribution in [0.25, 0.3) is 0 Å². The quantitative estimate of drug-likeness (QED) is 0.357. The first-order valence-electron chi connectivity index (χ1n) is 4.88. The van der Waals surface area contributed by atoms with Crippen molar-refractivity contribution in [1.29, 1.82) is 0 Å². The zero-order chi connectivity index (χ0) is 11.0. The summed E-state index contributed by atoms with van der Waals surface area (Å²) in [5.74, 6) is 0.0732. The van der Waals surface area contributed by atoms with Gasteiger partial charge in [0.2, 0.25) is 0 Å². The van der Waals surface area contributed by atoms with Gasteiger partial charge in [-0.1, -0.05) is 26.8 Å². The lowest BCUT2D eigenvalue weighted by Gasteiger charge is -2.11. The fourth-order valence-corrected chi connectivity index (χ4v) is 1.08. The Morgan fingerprint density at radius 2 is 2.07 bits per heavy atom. The Morgan fingerprint density at radius 1 is 1.43 bits per heavy atom. The highest BCUT2D eigenvalue weighted by molar-refractivity contribution is 5.82. The third-order valence-electron chi connectivity index (χ3n) is 1.86. The largest absolute Gasteiger partial charge is 0.452 e. The Morgan fingerprint density at radius 3 is 2.50 bits per heavy atom. The first-order chi connectivity index (χ1) is 6.60. The molecule has 0 aromatic carbocycles. The van der Waals surface area contributed by atoms with Crippen molar-refractivity contribution in [3.63, 3.8) is 0 Å². The van der Waals surface area contributed by atoms with Gasteiger partial charge in [0.25, 0.3) is 0 Å². The second kappa shape index (κ2) is 7.30. The topological polar surface area (TPSA) is 43.4 Å². The van der Waals surface area contributed by atoms with Crippen molar-refractivity contribution in [2.75, 3.05) is 0 Å². The summed E-state index contributed by atoms with van der Waals surface area (Å²) in [7, 11) is 0. The molecule has 14 heavy (non-hydrogen) atoms. The first kappa shape index (κ1) is 12.9. The minimum Gasteiger partial charge on any atom is -0.452 e. The fraction of sp³-hybridized carbons (Fsp3) is 0.636. The molecule has 3 heteroatoms. The van der Waals surface area contributed by atoms with E-state index in [1.165, 1.54) is 0 Å². The van der Waals surface area contributed by atoms with Crippen LogP contribution < -0.4 is 0 Å². The van der Waals surface area contributed by atoms with Crippen LogP contribution in [0.3, 0.4) is 0 Å². The zero-order valence-electron chi connectivity index (χ0n) is 8.86. The van der Waals surface area contributed by atoms with E-state index in [1.54, 1.807) is 0 Å². The SMILES string of the molecule is C=CC(=O)OC(C=O)CCCC(C)C. The summed E-state index contributed by atoms with van der Waals surface area (Å²) in [4.78, 5) is 21.3. The van der Waals surface area contributed by atoms with E-state index in [0.717, 1.165) is 18.9 Å². The molecule has 0 aliphatic heterocycles. The lowest BCUT2D eigenvalue weighted by atomic mass is 10.0. The lowest BCUT2D eigenvalue weighted by Crippen LogP contribution is -2.18. The summed E-state index contributed by atoms with van der Waals surface area (Å²) >= 11 is 0. The summed E-state index contributed by atoms with van der Waals surface area (Å²) in [6.45, 7) is 7.50. The van der Waals surface area contributed by atoms with Crippen molar-refractivity contribution >= 4 is 12.3 Å². The van der Waals surface area contributed by atoms with Crippen LogP contribution in [0.2, 0.25) is 0 Å². The van der Waals surface area contributed by atoms with Gasteiger partial charge in [0.15, 0.2) is 12.4 Å². The van der Waals surface area contributed by atoms with E-state index in [0.29, 0.717) is 18.6 Å². The molecule has 0 aromatic heterocycles.